The van der Waals surface area contributed by atoms with Gasteiger partial charge in [0.15, 0.2) is 0 Å². The summed E-state index contributed by atoms with van der Waals surface area (Å²) in [5.74, 6) is 1.32. The summed E-state index contributed by atoms with van der Waals surface area (Å²) < 4.78 is 5.58. The summed E-state index contributed by atoms with van der Waals surface area (Å²) in [6, 6.07) is 3.59. The van der Waals surface area contributed by atoms with Crippen LogP contribution >= 0.6 is 11.6 Å². The summed E-state index contributed by atoms with van der Waals surface area (Å²) >= 11 is 5.93. The van der Waals surface area contributed by atoms with E-state index in [-0.39, 0.29) is 0 Å². The predicted octanol–water partition coefficient (Wildman–Crippen LogP) is 3.11. The van der Waals surface area contributed by atoms with E-state index in [1.807, 2.05) is 6.07 Å². The second-order valence-electron chi connectivity index (χ2n) is 5.35. The zero-order chi connectivity index (χ0) is 14.4. The van der Waals surface area contributed by atoms with Crippen LogP contribution in [0.2, 0.25) is 5.02 Å². The van der Waals surface area contributed by atoms with Crippen LogP contribution in [-0.4, -0.2) is 36.6 Å². The Morgan fingerprint density at radius 3 is 2.90 bits per heavy atom. The lowest BCUT2D eigenvalue weighted by Crippen LogP contribution is -2.30. The fraction of sp³-hybridized carbons (Fsp3) is 0.600. The molecule has 2 heterocycles. The van der Waals surface area contributed by atoms with E-state index in [1.54, 1.807) is 6.07 Å². The van der Waals surface area contributed by atoms with Gasteiger partial charge in [0.2, 0.25) is 5.88 Å². The number of nitrogens with zero attached hydrogens (tertiary/aromatic N) is 3. The number of hydrogen-bond donors (Lipinski definition) is 0. The van der Waals surface area contributed by atoms with Crippen molar-refractivity contribution in [1.82, 2.24) is 9.88 Å². The van der Waals surface area contributed by atoms with Gasteiger partial charge in [0, 0.05) is 6.07 Å². The molecule has 0 aliphatic carbocycles. The molecule has 1 aromatic rings. The molecule has 0 bridgehead atoms. The highest BCUT2D eigenvalue weighted by molar-refractivity contribution is 6.31. The SMILES string of the molecule is CN1CCC(CCCOc2cc(Cl)c(C#N)cn2)CC1. The van der Waals surface area contributed by atoms with Crippen molar-refractivity contribution < 1.29 is 4.74 Å². The van der Waals surface area contributed by atoms with E-state index in [2.05, 4.69) is 16.9 Å². The van der Waals surface area contributed by atoms with E-state index in [9.17, 15) is 0 Å². The summed E-state index contributed by atoms with van der Waals surface area (Å²) in [5, 5.41) is 9.16. The molecule has 0 atom stereocenters. The van der Waals surface area contributed by atoms with Crippen molar-refractivity contribution >= 4 is 11.6 Å². The van der Waals surface area contributed by atoms with E-state index >= 15 is 0 Å². The molecular formula is C15H20ClN3O. The average molecular weight is 294 g/mol. The van der Waals surface area contributed by atoms with Crippen LogP contribution in [0, 0.1) is 17.2 Å². The largest absolute Gasteiger partial charge is 0.478 e. The number of aromatic nitrogens is 1. The standard InChI is InChI=1S/C15H20ClN3O/c1-19-6-4-12(5-7-19)3-2-8-20-15-9-14(16)13(10-17)11-18-15/h9,11-12H,2-8H2,1H3. The molecule has 1 aliphatic rings. The van der Waals surface area contributed by atoms with Gasteiger partial charge in [0.1, 0.15) is 6.07 Å². The number of rotatable bonds is 5. The Morgan fingerprint density at radius 1 is 1.50 bits per heavy atom. The number of likely N-dealkylation sites (tertiary alicyclic amines) is 1. The zero-order valence-electron chi connectivity index (χ0n) is 11.8. The molecule has 0 unspecified atom stereocenters. The first-order valence-electron chi connectivity index (χ1n) is 7.06. The second kappa shape index (κ2) is 7.47. The number of ether oxygens (including phenoxy) is 1. The normalized spacial score (nSPS) is 16.9. The van der Waals surface area contributed by atoms with Crippen molar-refractivity contribution in [3.05, 3.63) is 22.8 Å². The van der Waals surface area contributed by atoms with Gasteiger partial charge in [-0.2, -0.15) is 5.26 Å². The van der Waals surface area contributed by atoms with Crippen molar-refractivity contribution in [1.29, 1.82) is 5.26 Å². The molecule has 1 fully saturated rings. The molecule has 0 spiro atoms. The maximum atomic E-state index is 8.77. The highest BCUT2D eigenvalue weighted by Crippen LogP contribution is 2.22. The number of halogens is 1. The number of hydrogen-bond acceptors (Lipinski definition) is 4. The average Bonchev–Trinajstić information content (AvgIpc) is 2.46. The van der Waals surface area contributed by atoms with E-state index in [1.165, 1.54) is 38.5 Å². The second-order valence-corrected chi connectivity index (χ2v) is 5.76. The summed E-state index contributed by atoms with van der Waals surface area (Å²) in [4.78, 5) is 6.45. The third kappa shape index (κ3) is 4.36. The number of pyridine rings is 1. The number of piperidine rings is 1. The van der Waals surface area contributed by atoms with Gasteiger partial charge in [-0.3, -0.25) is 0 Å². The Kier molecular flexibility index (Phi) is 5.63. The van der Waals surface area contributed by atoms with Gasteiger partial charge in [-0.05, 0) is 51.7 Å². The predicted molar refractivity (Wildman–Crippen MR) is 78.9 cm³/mol. The fourth-order valence-corrected chi connectivity index (χ4v) is 2.66. The Labute approximate surface area is 125 Å². The minimum absolute atomic E-state index is 0.380. The number of nitriles is 1. The highest BCUT2D eigenvalue weighted by Gasteiger charge is 2.16. The lowest BCUT2D eigenvalue weighted by Gasteiger charge is -2.28. The minimum atomic E-state index is 0.380. The third-order valence-electron chi connectivity index (χ3n) is 3.79. The van der Waals surface area contributed by atoms with Crippen LogP contribution in [0.4, 0.5) is 0 Å². The molecule has 0 radical (unpaired) electrons. The minimum Gasteiger partial charge on any atom is -0.478 e. The Bertz CT molecular complexity index is 478. The van der Waals surface area contributed by atoms with Crippen LogP contribution in [0.15, 0.2) is 12.3 Å². The summed E-state index contributed by atoms with van der Waals surface area (Å²) in [5.41, 5.74) is 0.380. The molecule has 1 aliphatic heterocycles. The first kappa shape index (κ1) is 15.1. The van der Waals surface area contributed by atoms with Gasteiger partial charge in [0.05, 0.1) is 23.4 Å². The molecule has 0 saturated carbocycles. The summed E-state index contributed by atoms with van der Waals surface area (Å²) in [6.07, 6.45) is 6.27. The molecule has 108 valence electrons. The molecule has 5 heteroatoms. The maximum absolute atomic E-state index is 8.77. The van der Waals surface area contributed by atoms with E-state index < -0.39 is 0 Å². The molecule has 1 saturated heterocycles. The van der Waals surface area contributed by atoms with Gasteiger partial charge >= 0.3 is 0 Å². The van der Waals surface area contributed by atoms with Crippen molar-refractivity contribution in [2.75, 3.05) is 26.7 Å². The first-order chi connectivity index (χ1) is 9.69. The molecule has 2 rings (SSSR count). The van der Waals surface area contributed by atoms with Crippen molar-refractivity contribution in [2.24, 2.45) is 5.92 Å². The molecular weight excluding hydrogens is 274 g/mol. The van der Waals surface area contributed by atoms with Gasteiger partial charge < -0.3 is 9.64 Å². The van der Waals surface area contributed by atoms with Gasteiger partial charge in [-0.25, -0.2) is 4.98 Å². The molecule has 0 N–H and O–H groups in total. The van der Waals surface area contributed by atoms with Gasteiger partial charge in [-0.15, -0.1) is 0 Å². The van der Waals surface area contributed by atoms with Crippen molar-refractivity contribution in [2.45, 2.75) is 25.7 Å². The Balaban J connectivity index is 1.68. The van der Waals surface area contributed by atoms with Crippen LogP contribution in [0.1, 0.15) is 31.2 Å². The fourth-order valence-electron chi connectivity index (χ4n) is 2.47. The quantitative estimate of drug-likeness (QED) is 0.783. The lowest BCUT2D eigenvalue weighted by atomic mass is 9.93. The van der Waals surface area contributed by atoms with Gasteiger partial charge in [-0.1, -0.05) is 11.6 Å². The van der Waals surface area contributed by atoms with Crippen molar-refractivity contribution in [3.8, 4) is 11.9 Å². The van der Waals surface area contributed by atoms with E-state index in [0.29, 0.717) is 23.1 Å². The molecule has 20 heavy (non-hydrogen) atoms. The van der Waals surface area contributed by atoms with E-state index in [4.69, 9.17) is 21.6 Å². The van der Waals surface area contributed by atoms with Crippen molar-refractivity contribution in [3.63, 3.8) is 0 Å². The van der Waals surface area contributed by atoms with Gasteiger partial charge in [0.25, 0.3) is 0 Å². The Morgan fingerprint density at radius 2 is 2.25 bits per heavy atom. The highest BCUT2D eigenvalue weighted by atomic mass is 35.5. The monoisotopic (exact) mass is 293 g/mol. The van der Waals surface area contributed by atoms with Crippen LogP contribution in [0.25, 0.3) is 0 Å². The maximum Gasteiger partial charge on any atom is 0.214 e. The lowest BCUT2D eigenvalue weighted by molar-refractivity contribution is 0.199. The molecule has 0 aromatic carbocycles. The Hall–Kier alpha value is -1.31. The van der Waals surface area contributed by atoms with E-state index in [0.717, 1.165) is 12.3 Å². The zero-order valence-corrected chi connectivity index (χ0v) is 12.6. The van der Waals surface area contributed by atoms with Crippen LogP contribution in [0.3, 0.4) is 0 Å². The summed E-state index contributed by atoms with van der Waals surface area (Å²) in [6.45, 7) is 3.07. The topological polar surface area (TPSA) is 49.1 Å². The first-order valence-corrected chi connectivity index (χ1v) is 7.44. The van der Waals surface area contributed by atoms with Crippen LogP contribution < -0.4 is 4.74 Å². The van der Waals surface area contributed by atoms with Crippen LogP contribution in [-0.2, 0) is 0 Å². The van der Waals surface area contributed by atoms with Crippen LogP contribution in [0.5, 0.6) is 5.88 Å². The molecule has 4 nitrogen and oxygen atoms in total. The molecule has 1 aromatic heterocycles. The molecule has 0 amide bonds. The third-order valence-corrected chi connectivity index (χ3v) is 4.11. The smallest absolute Gasteiger partial charge is 0.214 e. The summed E-state index contributed by atoms with van der Waals surface area (Å²) in [7, 11) is 2.18.